The number of quaternary nitrogens is 1. The van der Waals surface area contributed by atoms with Crippen molar-refractivity contribution in [3.63, 3.8) is 0 Å². The van der Waals surface area contributed by atoms with E-state index in [0.717, 1.165) is 19.5 Å². The van der Waals surface area contributed by atoms with Gasteiger partial charge in [-0.25, -0.2) is 0 Å². The molecule has 1 aliphatic heterocycles. The van der Waals surface area contributed by atoms with Crippen LogP contribution in [-0.2, 0) is 4.79 Å². The molecule has 3 heteroatoms. The van der Waals surface area contributed by atoms with Gasteiger partial charge < -0.3 is 10.6 Å². The average molecular weight is 129 g/mol. The van der Waals surface area contributed by atoms with E-state index in [1.54, 1.807) is 0 Å². The van der Waals surface area contributed by atoms with Crippen molar-refractivity contribution < 1.29 is 10.1 Å². The van der Waals surface area contributed by atoms with E-state index in [4.69, 9.17) is 0 Å². The minimum atomic E-state index is 0.179. The van der Waals surface area contributed by atoms with Gasteiger partial charge in [-0.05, 0) is 0 Å². The third-order valence-corrected chi connectivity index (χ3v) is 1.67. The largest absolute Gasteiger partial charge is 0.345 e. The Balaban J connectivity index is 2.39. The molecule has 0 aromatic rings. The maximum absolute atomic E-state index is 10.9. The number of carbonyl (C=O) groups excluding carboxylic acids is 1. The highest BCUT2D eigenvalue weighted by Gasteiger charge is 2.22. The molecule has 0 aromatic carbocycles. The zero-order valence-electron chi connectivity index (χ0n) is 5.68. The lowest BCUT2D eigenvalue weighted by molar-refractivity contribution is -0.679. The van der Waals surface area contributed by atoms with E-state index < -0.39 is 0 Å². The molecule has 0 aromatic heterocycles. The summed E-state index contributed by atoms with van der Waals surface area (Å²) in [4.78, 5) is 10.9. The number of nitrogens with two attached hydrogens (primary N) is 1. The normalized spacial score (nSPS) is 27.7. The topological polar surface area (TPSA) is 45.7 Å². The molecule has 3 nitrogen and oxygen atoms in total. The van der Waals surface area contributed by atoms with Crippen molar-refractivity contribution in [1.29, 1.82) is 0 Å². The van der Waals surface area contributed by atoms with Crippen LogP contribution in [0.25, 0.3) is 0 Å². The summed E-state index contributed by atoms with van der Waals surface area (Å²) in [6.07, 6.45) is 0.936. The second kappa shape index (κ2) is 2.82. The molecular weight excluding hydrogens is 116 g/mol. The molecule has 1 saturated heterocycles. The monoisotopic (exact) mass is 129 g/mol. The van der Waals surface area contributed by atoms with E-state index in [-0.39, 0.29) is 11.9 Å². The maximum Gasteiger partial charge on any atom is 0.278 e. The molecule has 1 aliphatic rings. The van der Waals surface area contributed by atoms with Crippen molar-refractivity contribution >= 4 is 5.91 Å². The van der Waals surface area contributed by atoms with E-state index in [9.17, 15) is 4.79 Å². The molecule has 1 amide bonds. The molecule has 0 aliphatic carbocycles. The fraction of sp³-hybridized carbons (Fsp3) is 0.833. The molecule has 0 spiro atoms. The van der Waals surface area contributed by atoms with Gasteiger partial charge in [-0.15, -0.1) is 0 Å². The Kier molecular flexibility index (Phi) is 2.05. The highest BCUT2D eigenvalue weighted by molar-refractivity contribution is 5.80. The number of hydrogen-bond donors (Lipinski definition) is 2. The van der Waals surface area contributed by atoms with Crippen LogP contribution < -0.4 is 10.6 Å². The fourth-order valence-corrected chi connectivity index (χ4v) is 1.07. The Labute approximate surface area is 54.8 Å². The quantitative estimate of drug-likeness (QED) is 0.443. The molecule has 1 atom stereocenters. The smallest absolute Gasteiger partial charge is 0.278 e. The van der Waals surface area contributed by atoms with Crippen molar-refractivity contribution in [2.24, 2.45) is 0 Å². The van der Waals surface area contributed by atoms with Crippen LogP contribution in [-0.4, -0.2) is 25.0 Å². The highest BCUT2D eigenvalue weighted by atomic mass is 16.2. The maximum atomic E-state index is 10.9. The fourth-order valence-electron chi connectivity index (χ4n) is 1.07. The zero-order valence-corrected chi connectivity index (χ0v) is 5.68. The van der Waals surface area contributed by atoms with E-state index >= 15 is 0 Å². The first kappa shape index (κ1) is 6.55. The van der Waals surface area contributed by atoms with Crippen LogP contribution in [0.3, 0.4) is 0 Å². The number of amides is 1. The first-order chi connectivity index (χ1) is 4.34. The first-order valence-corrected chi connectivity index (χ1v) is 3.45. The lowest BCUT2D eigenvalue weighted by Crippen LogP contribution is -2.96. The van der Waals surface area contributed by atoms with Gasteiger partial charge in [0.05, 0.1) is 13.1 Å². The van der Waals surface area contributed by atoms with Crippen LogP contribution in [0.1, 0.15) is 13.3 Å². The average Bonchev–Trinajstić information content (AvgIpc) is 1.89. The second-order valence-electron chi connectivity index (χ2n) is 2.33. The van der Waals surface area contributed by atoms with Crippen molar-refractivity contribution in [1.82, 2.24) is 5.32 Å². The molecule has 52 valence electrons. The third kappa shape index (κ3) is 1.42. The van der Waals surface area contributed by atoms with Crippen LogP contribution in [0, 0.1) is 0 Å². The van der Waals surface area contributed by atoms with Crippen molar-refractivity contribution in [2.45, 2.75) is 19.4 Å². The molecule has 0 bridgehead atoms. The van der Waals surface area contributed by atoms with Gasteiger partial charge in [0.25, 0.3) is 5.91 Å². The van der Waals surface area contributed by atoms with Crippen LogP contribution in [0.5, 0.6) is 0 Å². The van der Waals surface area contributed by atoms with Crippen LogP contribution >= 0.6 is 0 Å². The molecule has 1 rings (SSSR count). The van der Waals surface area contributed by atoms with Gasteiger partial charge in [0.2, 0.25) is 0 Å². The number of piperazine rings is 1. The van der Waals surface area contributed by atoms with Gasteiger partial charge in [0.1, 0.15) is 0 Å². The lowest BCUT2D eigenvalue weighted by atomic mass is 10.2. The van der Waals surface area contributed by atoms with Gasteiger partial charge in [0, 0.05) is 6.42 Å². The molecule has 1 heterocycles. The minimum absolute atomic E-state index is 0.179. The predicted octanol–water partition coefficient (Wildman–Crippen LogP) is -1.54. The van der Waals surface area contributed by atoms with Crippen LogP contribution in [0.4, 0.5) is 0 Å². The number of rotatable bonds is 1. The molecule has 1 fully saturated rings. The minimum Gasteiger partial charge on any atom is -0.345 e. The van der Waals surface area contributed by atoms with E-state index in [1.807, 2.05) is 6.92 Å². The summed E-state index contributed by atoms with van der Waals surface area (Å²) < 4.78 is 0. The van der Waals surface area contributed by atoms with Gasteiger partial charge in [0.15, 0.2) is 6.04 Å². The summed E-state index contributed by atoms with van der Waals surface area (Å²) in [5.74, 6) is 0.198. The number of carbonyl (C=O) groups is 1. The first-order valence-electron chi connectivity index (χ1n) is 3.45. The van der Waals surface area contributed by atoms with Crippen LogP contribution in [0.15, 0.2) is 0 Å². The Hall–Kier alpha value is -0.570. The van der Waals surface area contributed by atoms with Gasteiger partial charge in [-0.3, -0.25) is 4.79 Å². The lowest BCUT2D eigenvalue weighted by Gasteiger charge is -2.18. The summed E-state index contributed by atoms with van der Waals surface area (Å²) in [5.41, 5.74) is 0. The molecule has 0 radical (unpaired) electrons. The Morgan fingerprint density at radius 2 is 2.67 bits per heavy atom. The standard InChI is InChI=1S/C6H12N2O/c1-2-5-6(9)8-4-3-7-5/h5,7H,2-4H2,1H3,(H,8,9)/p+1/t5-/m0/s1. The number of nitrogens with one attached hydrogen (secondary N) is 1. The van der Waals surface area contributed by atoms with Crippen LogP contribution in [0.2, 0.25) is 0 Å². The zero-order chi connectivity index (χ0) is 6.69. The summed E-state index contributed by atoms with van der Waals surface area (Å²) in [6, 6.07) is 0.179. The summed E-state index contributed by atoms with van der Waals surface area (Å²) in [5, 5.41) is 4.91. The molecule has 9 heavy (non-hydrogen) atoms. The SMILES string of the molecule is CC[C@@H]1[NH2+]CCNC1=O. The summed E-state index contributed by atoms with van der Waals surface area (Å²) in [7, 11) is 0. The van der Waals surface area contributed by atoms with Crippen molar-refractivity contribution in [2.75, 3.05) is 13.1 Å². The Morgan fingerprint density at radius 1 is 1.89 bits per heavy atom. The van der Waals surface area contributed by atoms with Gasteiger partial charge in [-0.2, -0.15) is 0 Å². The summed E-state index contributed by atoms with van der Waals surface area (Å²) >= 11 is 0. The van der Waals surface area contributed by atoms with E-state index in [2.05, 4.69) is 10.6 Å². The Morgan fingerprint density at radius 3 is 3.11 bits per heavy atom. The van der Waals surface area contributed by atoms with Gasteiger partial charge in [-0.1, -0.05) is 6.92 Å². The molecular formula is C6H13N2O+. The van der Waals surface area contributed by atoms with E-state index in [0.29, 0.717) is 0 Å². The molecule has 3 N–H and O–H groups in total. The van der Waals surface area contributed by atoms with Crippen molar-refractivity contribution in [3.8, 4) is 0 Å². The van der Waals surface area contributed by atoms with Gasteiger partial charge >= 0.3 is 0 Å². The second-order valence-corrected chi connectivity index (χ2v) is 2.33. The molecule has 0 unspecified atom stereocenters. The number of hydrogen-bond acceptors (Lipinski definition) is 1. The third-order valence-electron chi connectivity index (χ3n) is 1.67. The summed E-state index contributed by atoms with van der Waals surface area (Å²) in [6.45, 7) is 3.89. The van der Waals surface area contributed by atoms with Crippen molar-refractivity contribution in [3.05, 3.63) is 0 Å². The molecule has 0 saturated carbocycles. The predicted molar refractivity (Wildman–Crippen MR) is 33.9 cm³/mol. The Bertz CT molecular complexity index is 114. The highest BCUT2D eigenvalue weighted by Crippen LogP contribution is 1.85. The van der Waals surface area contributed by atoms with E-state index in [1.165, 1.54) is 0 Å².